The number of amides is 1. The molecule has 0 radical (unpaired) electrons. The summed E-state index contributed by atoms with van der Waals surface area (Å²) in [5.74, 6) is -0.189. The van der Waals surface area contributed by atoms with Gasteiger partial charge in [0.25, 0.3) is 0 Å². The number of rotatable bonds is 5. The normalized spacial score (nSPS) is 16.6. The lowest BCUT2D eigenvalue weighted by Crippen LogP contribution is -3.12. The molecule has 2 rings (SSSR count). The molecule has 1 aliphatic rings. The first kappa shape index (κ1) is 19.5. The van der Waals surface area contributed by atoms with Crippen LogP contribution in [0.5, 0.6) is 0 Å². The molecule has 1 heterocycles. The number of nitrogens with zero attached hydrogens (tertiary/aromatic N) is 2. The molecular weight excluding hydrogens is 373 g/mol. The van der Waals surface area contributed by atoms with Crippen LogP contribution < -0.4 is 4.90 Å². The second kappa shape index (κ2) is 8.01. The van der Waals surface area contributed by atoms with Crippen LogP contribution in [0.15, 0.2) is 23.1 Å². The van der Waals surface area contributed by atoms with Gasteiger partial charge in [-0.2, -0.15) is 4.31 Å². The van der Waals surface area contributed by atoms with Gasteiger partial charge < -0.3 is 9.80 Å². The Bertz CT molecular complexity index is 704. The van der Waals surface area contributed by atoms with Crippen LogP contribution in [0.4, 0.5) is 0 Å². The molecule has 0 spiro atoms. The summed E-state index contributed by atoms with van der Waals surface area (Å²) in [4.78, 5) is 15.5. The van der Waals surface area contributed by atoms with Crippen LogP contribution in [0.3, 0.4) is 0 Å². The first-order valence-electron chi connectivity index (χ1n) is 7.80. The summed E-state index contributed by atoms with van der Waals surface area (Å²) in [6.45, 7) is 4.68. The monoisotopic (exact) mass is 394 g/mol. The Balaban J connectivity index is 2.18. The Morgan fingerprint density at radius 3 is 2.50 bits per heavy atom. The molecule has 0 unspecified atom stereocenters. The molecule has 0 aliphatic carbocycles. The Morgan fingerprint density at radius 2 is 1.92 bits per heavy atom. The minimum atomic E-state index is -3.88. The molecule has 134 valence electrons. The maximum Gasteiger partial charge on any atom is 0.245 e. The van der Waals surface area contributed by atoms with Gasteiger partial charge in [-0.1, -0.05) is 30.1 Å². The van der Waals surface area contributed by atoms with Crippen LogP contribution in [-0.4, -0.2) is 69.8 Å². The van der Waals surface area contributed by atoms with E-state index in [-0.39, 0.29) is 33.9 Å². The van der Waals surface area contributed by atoms with Crippen molar-refractivity contribution < 1.29 is 18.1 Å². The highest BCUT2D eigenvalue weighted by atomic mass is 35.5. The molecule has 0 saturated carbocycles. The predicted molar refractivity (Wildman–Crippen MR) is 94.1 cm³/mol. The third-order valence-corrected chi connectivity index (χ3v) is 6.78. The molecular formula is C15H22Cl2N3O3S+. The number of carbonyl (C=O) groups excluding carboxylic acids is 1. The first-order chi connectivity index (χ1) is 11.3. The fourth-order valence-electron chi connectivity index (χ4n) is 2.57. The zero-order chi connectivity index (χ0) is 17.9. The second-order valence-corrected chi connectivity index (χ2v) is 8.59. The number of nitrogens with one attached hydrogen (secondary N) is 1. The lowest BCUT2D eigenvalue weighted by molar-refractivity contribution is -0.883. The van der Waals surface area contributed by atoms with Crippen molar-refractivity contribution in [2.24, 2.45) is 0 Å². The largest absolute Gasteiger partial charge is 0.334 e. The summed E-state index contributed by atoms with van der Waals surface area (Å²) in [5, 5.41) is 0.371. The number of likely N-dealkylation sites (N-methyl/N-ethyl adjacent to an activating group) is 2. The van der Waals surface area contributed by atoms with Crippen molar-refractivity contribution in [3.8, 4) is 0 Å². The molecule has 1 aliphatic heterocycles. The van der Waals surface area contributed by atoms with Crippen molar-refractivity contribution in [3.63, 3.8) is 0 Å². The Kier molecular flexibility index (Phi) is 6.50. The van der Waals surface area contributed by atoms with Gasteiger partial charge in [-0.25, -0.2) is 8.42 Å². The maximum absolute atomic E-state index is 12.8. The minimum absolute atomic E-state index is 0.0749. The van der Waals surface area contributed by atoms with Crippen molar-refractivity contribution >= 4 is 39.1 Å². The summed E-state index contributed by atoms with van der Waals surface area (Å²) < 4.78 is 26.8. The van der Waals surface area contributed by atoms with Crippen molar-refractivity contribution in [1.29, 1.82) is 0 Å². The van der Waals surface area contributed by atoms with Gasteiger partial charge >= 0.3 is 0 Å². The van der Waals surface area contributed by atoms with Crippen molar-refractivity contribution in [3.05, 3.63) is 28.2 Å². The smallest absolute Gasteiger partial charge is 0.245 e. The fraction of sp³-hybridized carbons (Fsp3) is 0.533. The summed E-state index contributed by atoms with van der Waals surface area (Å²) in [5.41, 5.74) is 0. The predicted octanol–water partition coefficient (Wildman–Crippen LogP) is 0.361. The van der Waals surface area contributed by atoms with Crippen LogP contribution in [0.25, 0.3) is 0 Å². The Hall–Kier alpha value is -0.860. The number of sulfonamides is 1. The highest BCUT2D eigenvalue weighted by Gasteiger charge is 2.30. The zero-order valence-electron chi connectivity index (χ0n) is 13.8. The van der Waals surface area contributed by atoms with Gasteiger partial charge in [0.2, 0.25) is 15.9 Å². The molecule has 6 nitrogen and oxygen atoms in total. The van der Waals surface area contributed by atoms with E-state index in [0.717, 1.165) is 17.4 Å². The van der Waals surface area contributed by atoms with Gasteiger partial charge in [0.05, 0.1) is 44.8 Å². The number of hydrogen-bond acceptors (Lipinski definition) is 3. The molecule has 1 saturated heterocycles. The second-order valence-electron chi connectivity index (χ2n) is 5.84. The van der Waals surface area contributed by atoms with E-state index in [4.69, 9.17) is 23.2 Å². The van der Waals surface area contributed by atoms with Gasteiger partial charge in [-0.15, -0.1) is 0 Å². The van der Waals surface area contributed by atoms with Gasteiger partial charge in [0.15, 0.2) is 0 Å². The summed E-state index contributed by atoms with van der Waals surface area (Å²) in [7, 11) is -1.81. The van der Waals surface area contributed by atoms with Crippen LogP contribution in [-0.2, 0) is 14.8 Å². The van der Waals surface area contributed by atoms with Crippen LogP contribution in [0, 0.1) is 0 Å². The third-order valence-electron chi connectivity index (χ3n) is 4.15. The number of halogens is 2. The van der Waals surface area contributed by atoms with E-state index in [2.05, 4.69) is 7.05 Å². The molecule has 9 heteroatoms. The summed E-state index contributed by atoms with van der Waals surface area (Å²) in [6.07, 6.45) is 0. The highest BCUT2D eigenvalue weighted by molar-refractivity contribution is 7.89. The molecule has 0 atom stereocenters. The van der Waals surface area contributed by atoms with E-state index >= 15 is 0 Å². The van der Waals surface area contributed by atoms with Crippen molar-refractivity contribution in [1.82, 2.24) is 9.21 Å². The van der Waals surface area contributed by atoms with Crippen LogP contribution in [0.1, 0.15) is 6.92 Å². The van der Waals surface area contributed by atoms with E-state index in [1.807, 2.05) is 0 Å². The summed E-state index contributed by atoms with van der Waals surface area (Å²) >= 11 is 11.9. The zero-order valence-corrected chi connectivity index (χ0v) is 16.1. The minimum Gasteiger partial charge on any atom is -0.334 e. The molecule has 1 N–H and O–H groups in total. The van der Waals surface area contributed by atoms with Crippen LogP contribution in [0.2, 0.25) is 10.0 Å². The third kappa shape index (κ3) is 4.40. The SMILES string of the molecule is CCN(CC(=O)N1CC[NH+](C)CC1)S(=O)(=O)c1cc(Cl)ccc1Cl. The average Bonchev–Trinajstić information content (AvgIpc) is 2.55. The van der Waals surface area contributed by atoms with E-state index in [1.165, 1.54) is 23.1 Å². The standard InChI is InChI=1S/C15H21Cl2N3O3S/c1-3-20(11-15(21)19-8-6-18(2)7-9-19)24(22,23)14-10-12(16)4-5-13(14)17/h4-5,10H,3,6-9,11H2,1-2H3/p+1. The van der Waals surface area contributed by atoms with Gasteiger partial charge in [0.1, 0.15) is 4.90 Å². The van der Waals surface area contributed by atoms with Crippen molar-refractivity contribution in [2.45, 2.75) is 11.8 Å². The average molecular weight is 395 g/mol. The lowest BCUT2D eigenvalue weighted by atomic mass is 10.3. The van der Waals surface area contributed by atoms with E-state index in [9.17, 15) is 13.2 Å². The molecule has 1 aromatic carbocycles. The maximum atomic E-state index is 12.8. The molecule has 24 heavy (non-hydrogen) atoms. The van der Waals surface area contributed by atoms with Gasteiger partial charge in [0, 0.05) is 11.6 Å². The van der Waals surface area contributed by atoms with Crippen molar-refractivity contribution in [2.75, 3.05) is 46.3 Å². The number of benzene rings is 1. The van der Waals surface area contributed by atoms with E-state index < -0.39 is 10.0 Å². The molecule has 1 amide bonds. The molecule has 1 fully saturated rings. The molecule has 0 bridgehead atoms. The van der Waals surface area contributed by atoms with Gasteiger partial charge in [-0.3, -0.25) is 4.79 Å². The topological polar surface area (TPSA) is 62.1 Å². The quantitative estimate of drug-likeness (QED) is 0.784. The summed E-state index contributed by atoms with van der Waals surface area (Å²) in [6, 6.07) is 4.28. The molecule has 0 aromatic heterocycles. The van der Waals surface area contributed by atoms with E-state index in [1.54, 1.807) is 11.8 Å². The first-order valence-corrected chi connectivity index (χ1v) is 9.99. The Morgan fingerprint density at radius 1 is 1.29 bits per heavy atom. The number of piperazine rings is 1. The number of hydrogen-bond donors (Lipinski definition) is 1. The van der Waals surface area contributed by atoms with Gasteiger partial charge in [-0.05, 0) is 18.2 Å². The van der Waals surface area contributed by atoms with E-state index in [0.29, 0.717) is 13.1 Å². The lowest BCUT2D eigenvalue weighted by Gasteiger charge is -2.31. The number of quaternary nitrogens is 1. The fourth-order valence-corrected chi connectivity index (χ4v) is 4.71. The Labute approximate surface area is 153 Å². The highest BCUT2D eigenvalue weighted by Crippen LogP contribution is 2.27. The number of carbonyl (C=O) groups is 1. The van der Waals surface area contributed by atoms with Crippen LogP contribution >= 0.6 is 23.2 Å². The molecule has 1 aromatic rings.